The lowest BCUT2D eigenvalue weighted by Crippen LogP contribution is -2.43. The molecule has 1 aromatic carbocycles. The first kappa shape index (κ1) is 16.6. The van der Waals surface area contributed by atoms with E-state index in [0.29, 0.717) is 29.6 Å². The van der Waals surface area contributed by atoms with Gasteiger partial charge in [0.25, 0.3) is 5.91 Å². The highest BCUT2D eigenvalue weighted by molar-refractivity contribution is 6.31. The van der Waals surface area contributed by atoms with Crippen molar-refractivity contribution in [1.82, 2.24) is 4.90 Å². The molecule has 0 bridgehead atoms. The van der Waals surface area contributed by atoms with Crippen molar-refractivity contribution in [1.29, 1.82) is 0 Å². The van der Waals surface area contributed by atoms with Gasteiger partial charge in [0.2, 0.25) is 5.91 Å². The van der Waals surface area contributed by atoms with Gasteiger partial charge in [0.1, 0.15) is 0 Å². The number of hydrogen-bond acceptors (Lipinski definition) is 3. The van der Waals surface area contributed by atoms with Crippen LogP contribution in [-0.2, 0) is 4.79 Å². The first-order valence-corrected chi connectivity index (χ1v) is 8.32. The molecule has 0 radical (unpaired) electrons. The number of nitrogens with zero attached hydrogens (tertiary/aromatic N) is 1. The fourth-order valence-electron chi connectivity index (χ4n) is 2.90. The summed E-state index contributed by atoms with van der Waals surface area (Å²) in [5.41, 5.74) is 1.66. The Morgan fingerprint density at radius 2 is 2.17 bits per heavy atom. The van der Waals surface area contributed by atoms with Crippen molar-refractivity contribution in [3.05, 3.63) is 52.9 Å². The second kappa shape index (κ2) is 7.09. The van der Waals surface area contributed by atoms with Gasteiger partial charge in [-0.15, -0.1) is 0 Å². The SMILES string of the molecule is Cc1ccc(Cl)cc1NC(=O)C1CCCN(C(=O)c2ccco2)C1. The van der Waals surface area contributed by atoms with Gasteiger partial charge in [-0.25, -0.2) is 0 Å². The number of rotatable bonds is 3. The molecule has 1 unspecified atom stereocenters. The van der Waals surface area contributed by atoms with Gasteiger partial charge in [-0.1, -0.05) is 17.7 Å². The lowest BCUT2D eigenvalue weighted by atomic mass is 9.96. The highest BCUT2D eigenvalue weighted by atomic mass is 35.5. The van der Waals surface area contributed by atoms with E-state index in [1.54, 1.807) is 29.2 Å². The average molecular weight is 347 g/mol. The zero-order chi connectivity index (χ0) is 17.1. The molecule has 1 fully saturated rings. The molecule has 3 rings (SSSR count). The fourth-order valence-corrected chi connectivity index (χ4v) is 3.07. The minimum atomic E-state index is -0.240. The molecule has 6 heteroatoms. The van der Waals surface area contributed by atoms with E-state index >= 15 is 0 Å². The summed E-state index contributed by atoms with van der Waals surface area (Å²) < 4.78 is 5.16. The smallest absolute Gasteiger partial charge is 0.289 e. The molecule has 1 aliphatic rings. The van der Waals surface area contributed by atoms with Gasteiger partial charge < -0.3 is 14.6 Å². The van der Waals surface area contributed by atoms with E-state index in [1.807, 2.05) is 13.0 Å². The highest BCUT2D eigenvalue weighted by Crippen LogP contribution is 2.24. The topological polar surface area (TPSA) is 62.6 Å². The lowest BCUT2D eigenvalue weighted by molar-refractivity contribution is -0.121. The zero-order valence-electron chi connectivity index (χ0n) is 13.4. The Bertz CT molecular complexity index is 743. The number of nitrogens with one attached hydrogen (secondary N) is 1. The molecule has 1 N–H and O–H groups in total. The van der Waals surface area contributed by atoms with Gasteiger partial charge >= 0.3 is 0 Å². The quantitative estimate of drug-likeness (QED) is 0.921. The Morgan fingerprint density at radius 3 is 2.92 bits per heavy atom. The Morgan fingerprint density at radius 1 is 1.33 bits per heavy atom. The molecule has 24 heavy (non-hydrogen) atoms. The standard InChI is InChI=1S/C18H19ClN2O3/c1-12-6-7-14(19)10-15(12)20-17(22)13-4-2-8-21(11-13)18(23)16-5-3-9-24-16/h3,5-7,9-10,13H,2,4,8,11H2,1H3,(H,20,22). The van der Waals surface area contributed by atoms with Crippen LogP contribution in [0.5, 0.6) is 0 Å². The van der Waals surface area contributed by atoms with Crippen LogP contribution in [0.4, 0.5) is 5.69 Å². The largest absolute Gasteiger partial charge is 0.459 e. The van der Waals surface area contributed by atoms with E-state index in [1.165, 1.54) is 6.26 Å². The summed E-state index contributed by atoms with van der Waals surface area (Å²) in [6.07, 6.45) is 3.02. The molecule has 2 heterocycles. The number of benzene rings is 1. The third-order valence-corrected chi connectivity index (χ3v) is 4.50. The first-order chi connectivity index (χ1) is 11.5. The Hall–Kier alpha value is -2.27. The van der Waals surface area contributed by atoms with Crippen LogP contribution in [0.15, 0.2) is 41.0 Å². The van der Waals surface area contributed by atoms with Crippen molar-refractivity contribution in [3.8, 4) is 0 Å². The second-order valence-electron chi connectivity index (χ2n) is 6.02. The summed E-state index contributed by atoms with van der Waals surface area (Å²) in [4.78, 5) is 26.6. The fraction of sp³-hybridized carbons (Fsp3) is 0.333. The van der Waals surface area contributed by atoms with E-state index in [9.17, 15) is 9.59 Å². The van der Waals surface area contributed by atoms with E-state index < -0.39 is 0 Å². The molecular weight excluding hydrogens is 328 g/mol. The number of hydrogen-bond donors (Lipinski definition) is 1. The summed E-state index contributed by atoms with van der Waals surface area (Å²) >= 11 is 5.99. The van der Waals surface area contributed by atoms with Gasteiger partial charge in [0.15, 0.2) is 5.76 Å². The van der Waals surface area contributed by atoms with Crippen molar-refractivity contribution in [3.63, 3.8) is 0 Å². The number of carbonyl (C=O) groups is 2. The first-order valence-electron chi connectivity index (χ1n) is 7.94. The molecule has 126 valence electrons. The molecule has 1 aromatic heterocycles. The minimum Gasteiger partial charge on any atom is -0.459 e. The molecular formula is C18H19ClN2O3. The Kier molecular flexibility index (Phi) is 4.90. The summed E-state index contributed by atoms with van der Waals surface area (Å²) in [5, 5.41) is 3.51. The molecule has 2 aromatic rings. The van der Waals surface area contributed by atoms with Crippen LogP contribution >= 0.6 is 11.6 Å². The van der Waals surface area contributed by atoms with E-state index in [-0.39, 0.29) is 17.7 Å². The van der Waals surface area contributed by atoms with Gasteiger partial charge in [0.05, 0.1) is 12.2 Å². The second-order valence-corrected chi connectivity index (χ2v) is 6.45. The normalized spacial score (nSPS) is 17.6. The Labute approximate surface area is 145 Å². The van der Waals surface area contributed by atoms with E-state index in [4.69, 9.17) is 16.0 Å². The number of halogens is 1. The summed E-state index contributed by atoms with van der Waals surface area (Å²) in [5.74, 6) is -0.188. The third kappa shape index (κ3) is 3.62. The maximum absolute atomic E-state index is 12.6. The van der Waals surface area contributed by atoms with Crippen LogP contribution < -0.4 is 5.32 Å². The van der Waals surface area contributed by atoms with Crippen molar-refractivity contribution in [2.75, 3.05) is 18.4 Å². The molecule has 0 saturated carbocycles. The van der Waals surface area contributed by atoms with Crippen molar-refractivity contribution in [2.24, 2.45) is 5.92 Å². The molecule has 1 atom stereocenters. The van der Waals surface area contributed by atoms with Gasteiger partial charge in [-0.05, 0) is 49.6 Å². The maximum Gasteiger partial charge on any atom is 0.289 e. The predicted octanol–water partition coefficient (Wildman–Crippen LogP) is 3.73. The number of amides is 2. The van der Waals surface area contributed by atoms with Crippen molar-refractivity contribution < 1.29 is 14.0 Å². The van der Waals surface area contributed by atoms with Crippen LogP contribution in [0.25, 0.3) is 0 Å². The number of furan rings is 1. The minimum absolute atomic E-state index is 0.0858. The monoisotopic (exact) mass is 346 g/mol. The number of carbonyl (C=O) groups excluding carboxylic acids is 2. The van der Waals surface area contributed by atoms with Crippen LogP contribution in [0.1, 0.15) is 29.0 Å². The van der Waals surface area contributed by atoms with Gasteiger partial charge in [-0.3, -0.25) is 9.59 Å². The Balaban J connectivity index is 1.67. The summed E-state index contributed by atoms with van der Waals surface area (Å²) in [7, 11) is 0. The van der Waals surface area contributed by atoms with Crippen molar-refractivity contribution in [2.45, 2.75) is 19.8 Å². The molecule has 0 aliphatic carbocycles. The highest BCUT2D eigenvalue weighted by Gasteiger charge is 2.30. The average Bonchev–Trinajstić information content (AvgIpc) is 3.12. The van der Waals surface area contributed by atoms with Crippen molar-refractivity contribution >= 4 is 29.1 Å². The summed E-state index contributed by atoms with van der Waals surface area (Å²) in [6.45, 7) is 2.95. The molecule has 1 saturated heterocycles. The molecule has 2 amide bonds. The maximum atomic E-state index is 12.6. The van der Waals surface area contributed by atoms with Crippen LogP contribution in [0, 0.1) is 12.8 Å². The lowest BCUT2D eigenvalue weighted by Gasteiger charge is -2.31. The number of anilines is 1. The molecule has 0 spiro atoms. The number of aryl methyl sites for hydroxylation is 1. The van der Waals surface area contributed by atoms with E-state index in [2.05, 4.69) is 5.32 Å². The molecule has 5 nitrogen and oxygen atoms in total. The van der Waals surface area contributed by atoms with E-state index in [0.717, 1.165) is 18.4 Å². The predicted molar refractivity (Wildman–Crippen MR) is 92.2 cm³/mol. The van der Waals surface area contributed by atoms with Gasteiger partial charge in [-0.2, -0.15) is 0 Å². The number of likely N-dealkylation sites (tertiary alicyclic amines) is 1. The van der Waals surface area contributed by atoms with Crippen LogP contribution in [0.2, 0.25) is 5.02 Å². The third-order valence-electron chi connectivity index (χ3n) is 4.27. The van der Waals surface area contributed by atoms with Gasteiger partial charge in [0, 0.05) is 23.8 Å². The number of piperidine rings is 1. The molecule has 1 aliphatic heterocycles. The van der Waals surface area contributed by atoms with Crippen LogP contribution in [-0.4, -0.2) is 29.8 Å². The van der Waals surface area contributed by atoms with Crippen LogP contribution in [0.3, 0.4) is 0 Å². The zero-order valence-corrected chi connectivity index (χ0v) is 14.2. The summed E-state index contributed by atoms with van der Waals surface area (Å²) in [6, 6.07) is 8.72.